The van der Waals surface area contributed by atoms with Crippen molar-refractivity contribution >= 4 is 5.97 Å². The molecule has 14 heavy (non-hydrogen) atoms. The van der Waals surface area contributed by atoms with Crippen LogP contribution in [0.5, 0.6) is 0 Å². The largest absolute Gasteiger partial charge is 0.478 e. The van der Waals surface area contributed by atoms with Gasteiger partial charge in [-0.15, -0.1) is 0 Å². The molecule has 0 aliphatic heterocycles. The predicted octanol–water partition coefficient (Wildman–Crippen LogP) is 3.30. The number of aliphatic carboxylic acids is 1. The molecule has 0 fully saturated rings. The molecule has 0 bridgehead atoms. The molecule has 0 aromatic rings. The van der Waals surface area contributed by atoms with E-state index in [9.17, 15) is 4.79 Å². The Balaban J connectivity index is 2.90. The molecule has 1 aliphatic carbocycles. The van der Waals surface area contributed by atoms with E-state index < -0.39 is 5.97 Å². The lowest BCUT2D eigenvalue weighted by molar-refractivity contribution is -0.132. The molecular weight excluding hydrogens is 176 g/mol. The van der Waals surface area contributed by atoms with Gasteiger partial charge in [-0.3, -0.25) is 0 Å². The van der Waals surface area contributed by atoms with Crippen LogP contribution in [0.1, 0.15) is 45.4 Å². The fourth-order valence-corrected chi connectivity index (χ4v) is 1.85. The lowest BCUT2D eigenvalue weighted by Crippen LogP contribution is -2.04. The number of carboxylic acid groups (broad SMARTS) is 1. The van der Waals surface area contributed by atoms with Crippen molar-refractivity contribution in [1.29, 1.82) is 0 Å². The summed E-state index contributed by atoms with van der Waals surface area (Å²) in [4.78, 5) is 11.0. The van der Waals surface area contributed by atoms with Crippen LogP contribution in [0.15, 0.2) is 23.3 Å². The molecule has 2 heteroatoms. The van der Waals surface area contributed by atoms with Crippen molar-refractivity contribution in [3.63, 3.8) is 0 Å². The monoisotopic (exact) mass is 194 g/mol. The zero-order chi connectivity index (χ0) is 10.6. The van der Waals surface area contributed by atoms with Crippen LogP contribution in [0.4, 0.5) is 0 Å². The molecule has 1 N–H and O–H groups in total. The second-order valence-corrected chi connectivity index (χ2v) is 3.93. The highest BCUT2D eigenvalue weighted by Gasteiger charge is 2.14. The Morgan fingerprint density at radius 3 is 2.36 bits per heavy atom. The molecule has 0 saturated heterocycles. The van der Waals surface area contributed by atoms with Gasteiger partial charge < -0.3 is 5.11 Å². The van der Waals surface area contributed by atoms with E-state index in [2.05, 4.69) is 6.58 Å². The number of hydrogen-bond acceptors (Lipinski definition) is 1. The Hall–Kier alpha value is -1.05. The lowest BCUT2D eigenvalue weighted by Gasteiger charge is -2.08. The van der Waals surface area contributed by atoms with Crippen molar-refractivity contribution in [3.8, 4) is 0 Å². The molecule has 0 atom stereocenters. The maximum atomic E-state index is 11.0. The minimum absolute atomic E-state index is 0.567. The summed E-state index contributed by atoms with van der Waals surface area (Å²) >= 11 is 0. The van der Waals surface area contributed by atoms with E-state index >= 15 is 0 Å². The minimum Gasteiger partial charge on any atom is -0.478 e. The molecule has 1 aliphatic rings. The highest BCUT2D eigenvalue weighted by atomic mass is 16.4. The molecule has 78 valence electrons. The summed E-state index contributed by atoms with van der Waals surface area (Å²) in [6.45, 7) is 5.84. The summed E-state index contributed by atoms with van der Waals surface area (Å²) in [6.07, 6.45) is 6.11. The molecule has 0 spiro atoms. The molecule has 2 nitrogen and oxygen atoms in total. The third-order valence-corrected chi connectivity index (χ3v) is 2.90. The fraction of sp³-hybridized carbons (Fsp3) is 0.583. The number of carbonyl (C=O) groups is 1. The maximum Gasteiger partial charge on any atom is 0.331 e. The summed E-state index contributed by atoms with van der Waals surface area (Å²) in [7, 11) is 0. The van der Waals surface area contributed by atoms with Crippen LogP contribution >= 0.6 is 0 Å². The second-order valence-electron chi connectivity index (χ2n) is 3.93. The first-order valence-corrected chi connectivity index (χ1v) is 5.24. The molecule has 0 radical (unpaired) electrons. The van der Waals surface area contributed by atoms with Gasteiger partial charge in [0.25, 0.3) is 0 Å². The van der Waals surface area contributed by atoms with E-state index in [0.717, 1.165) is 36.8 Å². The van der Waals surface area contributed by atoms with E-state index in [4.69, 9.17) is 5.11 Å². The van der Waals surface area contributed by atoms with Crippen LogP contribution in [0.25, 0.3) is 0 Å². The van der Waals surface area contributed by atoms with Crippen molar-refractivity contribution in [2.75, 3.05) is 0 Å². The van der Waals surface area contributed by atoms with Gasteiger partial charge in [0.1, 0.15) is 0 Å². The molecule has 0 aromatic heterocycles. The van der Waals surface area contributed by atoms with E-state index in [-0.39, 0.29) is 0 Å². The maximum absolute atomic E-state index is 11.0. The molecule has 0 saturated carbocycles. The third-order valence-electron chi connectivity index (χ3n) is 2.90. The SMILES string of the molecule is C=C1CCCCCC/C(C(=O)O)=C\1C. The Morgan fingerprint density at radius 2 is 1.79 bits per heavy atom. The summed E-state index contributed by atoms with van der Waals surface area (Å²) in [5, 5.41) is 9.04. The van der Waals surface area contributed by atoms with Crippen molar-refractivity contribution in [3.05, 3.63) is 23.3 Å². The van der Waals surface area contributed by atoms with E-state index in [0.29, 0.717) is 12.0 Å². The Morgan fingerprint density at radius 1 is 1.21 bits per heavy atom. The second kappa shape index (κ2) is 4.99. The van der Waals surface area contributed by atoms with Gasteiger partial charge in [-0.05, 0) is 38.2 Å². The highest BCUT2D eigenvalue weighted by molar-refractivity contribution is 5.88. The molecule has 0 aromatic carbocycles. The Kier molecular flexibility index (Phi) is 3.93. The zero-order valence-corrected chi connectivity index (χ0v) is 8.81. The molecular formula is C12H18O2. The molecule has 1 rings (SSSR count). The van der Waals surface area contributed by atoms with E-state index in [1.807, 2.05) is 6.92 Å². The fourth-order valence-electron chi connectivity index (χ4n) is 1.85. The van der Waals surface area contributed by atoms with Gasteiger partial charge in [0.15, 0.2) is 0 Å². The van der Waals surface area contributed by atoms with Gasteiger partial charge in [-0.25, -0.2) is 4.79 Å². The van der Waals surface area contributed by atoms with Gasteiger partial charge in [-0.1, -0.05) is 25.0 Å². The van der Waals surface area contributed by atoms with Gasteiger partial charge in [0.05, 0.1) is 0 Å². The van der Waals surface area contributed by atoms with Gasteiger partial charge in [0.2, 0.25) is 0 Å². The van der Waals surface area contributed by atoms with Crippen molar-refractivity contribution in [2.24, 2.45) is 0 Å². The van der Waals surface area contributed by atoms with Gasteiger partial charge >= 0.3 is 5.97 Å². The van der Waals surface area contributed by atoms with Crippen LogP contribution in [-0.2, 0) is 4.79 Å². The molecule has 0 heterocycles. The van der Waals surface area contributed by atoms with Crippen LogP contribution < -0.4 is 0 Å². The van der Waals surface area contributed by atoms with Gasteiger partial charge in [-0.2, -0.15) is 0 Å². The first kappa shape index (κ1) is 11.0. The summed E-state index contributed by atoms with van der Waals surface area (Å²) in [5.41, 5.74) is 2.47. The van der Waals surface area contributed by atoms with Crippen LogP contribution in [0, 0.1) is 0 Å². The van der Waals surface area contributed by atoms with E-state index in [1.54, 1.807) is 0 Å². The van der Waals surface area contributed by atoms with Crippen molar-refractivity contribution in [1.82, 2.24) is 0 Å². The van der Waals surface area contributed by atoms with E-state index in [1.165, 1.54) is 6.42 Å². The summed E-state index contributed by atoms with van der Waals surface area (Å²) < 4.78 is 0. The number of hydrogen-bond donors (Lipinski definition) is 1. The summed E-state index contributed by atoms with van der Waals surface area (Å²) in [6, 6.07) is 0. The first-order chi connectivity index (χ1) is 6.63. The van der Waals surface area contributed by atoms with Crippen LogP contribution in [0.2, 0.25) is 0 Å². The number of allylic oxidation sites excluding steroid dienone is 2. The average molecular weight is 194 g/mol. The van der Waals surface area contributed by atoms with Crippen LogP contribution in [-0.4, -0.2) is 11.1 Å². The standard InChI is InChI=1S/C12H18O2/c1-9-7-5-3-4-6-8-11(10(9)2)12(13)14/h1,3-8H2,2H3,(H,13,14)/b11-10+. The minimum atomic E-state index is -0.773. The number of rotatable bonds is 1. The highest BCUT2D eigenvalue weighted by Crippen LogP contribution is 2.25. The first-order valence-electron chi connectivity index (χ1n) is 5.24. The lowest BCUT2D eigenvalue weighted by atomic mass is 9.98. The quantitative estimate of drug-likeness (QED) is 0.695. The molecule has 0 amide bonds. The topological polar surface area (TPSA) is 37.3 Å². The predicted molar refractivity (Wildman–Crippen MR) is 57.2 cm³/mol. The van der Waals surface area contributed by atoms with Crippen molar-refractivity contribution in [2.45, 2.75) is 45.4 Å². The smallest absolute Gasteiger partial charge is 0.331 e. The van der Waals surface area contributed by atoms with Crippen LogP contribution in [0.3, 0.4) is 0 Å². The summed E-state index contributed by atoms with van der Waals surface area (Å²) in [5.74, 6) is -0.773. The Bertz CT molecular complexity index is 274. The average Bonchev–Trinajstić information content (AvgIpc) is 2.20. The Labute approximate surface area is 85.3 Å². The third kappa shape index (κ3) is 2.72. The number of carboxylic acids is 1. The molecule has 0 unspecified atom stereocenters. The van der Waals surface area contributed by atoms with Gasteiger partial charge in [0, 0.05) is 5.57 Å². The zero-order valence-electron chi connectivity index (χ0n) is 8.81. The van der Waals surface area contributed by atoms with Crippen molar-refractivity contribution < 1.29 is 9.90 Å². The normalized spacial score (nSPS) is 25.1.